The van der Waals surface area contributed by atoms with E-state index in [2.05, 4.69) is 43.5 Å². The van der Waals surface area contributed by atoms with Crippen molar-refractivity contribution in [3.8, 4) is 0 Å². The van der Waals surface area contributed by atoms with Crippen molar-refractivity contribution in [1.82, 2.24) is 14.5 Å². The molecule has 1 atom stereocenters. The van der Waals surface area contributed by atoms with Crippen molar-refractivity contribution in [3.63, 3.8) is 0 Å². The van der Waals surface area contributed by atoms with Crippen LogP contribution in [-0.4, -0.2) is 32.9 Å². The van der Waals surface area contributed by atoms with Gasteiger partial charge >= 0.3 is 0 Å². The largest absolute Gasteiger partial charge is 0.333 e. The molecule has 0 aliphatic carbocycles. The zero-order valence-electron chi connectivity index (χ0n) is 9.90. The monoisotopic (exact) mass is 285 g/mol. The lowest BCUT2D eigenvalue weighted by atomic mass is 10.1. The summed E-state index contributed by atoms with van der Waals surface area (Å²) in [6.07, 6.45) is 6.59. The maximum absolute atomic E-state index is 4.40. The topological polar surface area (TPSA) is 21.1 Å². The van der Waals surface area contributed by atoms with E-state index in [1.807, 2.05) is 6.20 Å². The number of aromatic nitrogens is 2. The number of halogens is 1. The molecule has 16 heavy (non-hydrogen) atoms. The van der Waals surface area contributed by atoms with Crippen molar-refractivity contribution in [2.45, 2.75) is 32.9 Å². The van der Waals surface area contributed by atoms with Crippen LogP contribution in [0.15, 0.2) is 12.4 Å². The van der Waals surface area contributed by atoms with Gasteiger partial charge in [0.15, 0.2) is 0 Å². The summed E-state index contributed by atoms with van der Waals surface area (Å²) in [6, 6.07) is 0. The molecule has 1 unspecified atom stereocenters. The highest BCUT2D eigenvalue weighted by Gasteiger charge is 2.19. The second kappa shape index (κ2) is 5.82. The van der Waals surface area contributed by atoms with E-state index in [0.29, 0.717) is 0 Å². The average molecular weight is 286 g/mol. The number of hydrogen-bond acceptors (Lipinski definition) is 2. The van der Waals surface area contributed by atoms with E-state index in [9.17, 15) is 0 Å². The molecular weight excluding hydrogens is 266 g/mol. The van der Waals surface area contributed by atoms with Gasteiger partial charge in [0.1, 0.15) is 5.82 Å². The Hall–Kier alpha value is -0.350. The minimum absolute atomic E-state index is 0.784. The summed E-state index contributed by atoms with van der Waals surface area (Å²) in [5.74, 6) is 2.00. The van der Waals surface area contributed by atoms with Crippen LogP contribution in [0, 0.1) is 5.92 Å². The maximum atomic E-state index is 4.40. The Labute approximate surface area is 106 Å². The molecule has 90 valence electrons. The van der Waals surface area contributed by atoms with Crippen LogP contribution in [0.25, 0.3) is 0 Å². The molecule has 1 aromatic heterocycles. The Balaban J connectivity index is 1.88. The summed E-state index contributed by atoms with van der Waals surface area (Å²) in [7, 11) is 0. The van der Waals surface area contributed by atoms with E-state index in [1.165, 1.54) is 25.2 Å². The molecule has 0 saturated heterocycles. The second-order valence-electron chi connectivity index (χ2n) is 4.58. The Morgan fingerprint density at radius 3 is 3.12 bits per heavy atom. The minimum atomic E-state index is 0.784. The fourth-order valence-electron chi connectivity index (χ4n) is 2.37. The average Bonchev–Trinajstić information content (AvgIpc) is 2.75. The van der Waals surface area contributed by atoms with Crippen LogP contribution in [0.2, 0.25) is 0 Å². The zero-order chi connectivity index (χ0) is 11.4. The van der Waals surface area contributed by atoms with Gasteiger partial charge in [0.25, 0.3) is 0 Å². The molecule has 3 nitrogen and oxygen atoms in total. The molecule has 1 aromatic rings. The summed E-state index contributed by atoms with van der Waals surface area (Å²) < 4.78 is 2.26. The van der Waals surface area contributed by atoms with Crippen LogP contribution >= 0.6 is 15.9 Å². The molecule has 2 rings (SSSR count). The van der Waals surface area contributed by atoms with E-state index in [1.54, 1.807) is 0 Å². The van der Waals surface area contributed by atoms with Gasteiger partial charge in [-0.2, -0.15) is 0 Å². The van der Waals surface area contributed by atoms with Crippen LogP contribution in [0.5, 0.6) is 0 Å². The number of imidazole rings is 1. The Morgan fingerprint density at radius 2 is 2.38 bits per heavy atom. The third-order valence-corrected chi connectivity index (χ3v) is 4.17. The third-order valence-electron chi connectivity index (χ3n) is 3.26. The van der Waals surface area contributed by atoms with Crippen molar-refractivity contribution in [2.24, 2.45) is 5.92 Å². The van der Waals surface area contributed by atoms with Gasteiger partial charge in [-0.15, -0.1) is 0 Å². The van der Waals surface area contributed by atoms with Crippen molar-refractivity contribution < 1.29 is 0 Å². The predicted molar refractivity (Wildman–Crippen MR) is 69.7 cm³/mol. The number of hydrogen-bond donors (Lipinski definition) is 0. The van der Waals surface area contributed by atoms with Crippen molar-refractivity contribution in [1.29, 1.82) is 0 Å². The number of fused-ring (bicyclic) bond motifs is 1. The molecule has 0 bridgehead atoms. The lowest BCUT2D eigenvalue weighted by Gasteiger charge is -2.30. The van der Waals surface area contributed by atoms with Crippen molar-refractivity contribution >= 4 is 15.9 Å². The van der Waals surface area contributed by atoms with Gasteiger partial charge in [-0.25, -0.2) is 4.98 Å². The van der Waals surface area contributed by atoms with Gasteiger partial charge in [-0.3, -0.25) is 4.90 Å². The van der Waals surface area contributed by atoms with E-state index in [4.69, 9.17) is 0 Å². The molecule has 1 aliphatic rings. The van der Waals surface area contributed by atoms with E-state index < -0.39 is 0 Å². The lowest BCUT2D eigenvalue weighted by Crippen LogP contribution is -2.37. The summed E-state index contributed by atoms with van der Waals surface area (Å²) in [5, 5.41) is 1.12. The van der Waals surface area contributed by atoms with E-state index >= 15 is 0 Å². The van der Waals surface area contributed by atoms with Gasteiger partial charge in [0.2, 0.25) is 0 Å². The first kappa shape index (κ1) is 12.1. The molecule has 0 saturated carbocycles. The molecular formula is C12H20BrN3. The van der Waals surface area contributed by atoms with Crippen molar-refractivity contribution in [3.05, 3.63) is 18.2 Å². The quantitative estimate of drug-likeness (QED) is 0.776. The van der Waals surface area contributed by atoms with Crippen LogP contribution in [0.4, 0.5) is 0 Å². The molecule has 0 spiro atoms. The van der Waals surface area contributed by atoms with Gasteiger partial charge in [0, 0.05) is 37.4 Å². The predicted octanol–water partition coefficient (Wildman–Crippen LogP) is 2.51. The second-order valence-corrected chi connectivity index (χ2v) is 5.23. The van der Waals surface area contributed by atoms with Crippen LogP contribution in [0.3, 0.4) is 0 Å². The molecule has 2 heterocycles. The molecule has 0 N–H and O–H groups in total. The Morgan fingerprint density at radius 1 is 1.50 bits per heavy atom. The Kier molecular flexibility index (Phi) is 4.41. The first-order chi connectivity index (χ1) is 7.83. The van der Waals surface area contributed by atoms with Crippen LogP contribution in [-0.2, 0) is 13.1 Å². The normalized spacial score (nSPS) is 18.4. The summed E-state index contributed by atoms with van der Waals surface area (Å²) in [6.45, 7) is 6.73. The minimum Gasteiger partial charge on any atom is -0.333 e. The van der Waals surface area contributed by atoms with Gasteiger partial charge < -0.3 is 4.57 Å². The first-order valence-electron chi connectivity index (χ1n) is 6.11. The molecule has 0 amide bonds. The van der Waals surface area contributed by atoms with E-state index in [0.717, 1.165) is 30.9 Å². The molecule has 4 heteroatoms. The fourth-order valence-corrected chi connectivity index (χ4v) is 2.90. The molecule has 0 aromatic carbocycles. The standard InChI is InChI=1S/C12H20BrN3/c1-2-3-11(8-13)9-15-6-7-16-5-4-14-12(16)10-15/h4-5,11H,2-3,6-10H2,1H3. The number of nitrogens with zero attached hydrogens (tertiary/aromatic N) is 3. The summed E-state index contributed by atoms with van der Waals surface area (Å²) in [5.41, 5.74) is 0. The highest BCUT2D eigenvalue weighted by molar-refractivity contribution is 9.09. The van der Waals surface area contributed by atoms with Gasteiger partial charge in [-0.1, -0.05) is 29.3 Å². The third kappa shape index (κ3) is 2.86. The Bertz CT molecular complexity index is 324. The molecule has 0 radical (unpaired) electrons. The lowest BCUT2D eigenvalue weighted by molar-refractivity contribution is 0.188. The number of rotatable bonds is 5. The SMILES string of the molecule is CCCC(CBr)CN1CCn2ccnc2C1. The highest BCUT2D eigenvalue weighted by Crippen LogP contribution is 2.16. The maximum Gasteiger partial charge on any atom is 0.122 e. The fraction of sp³-hybridized carbons (Fsp3) is 0.750. The van der Waals surface area contributed by atoms with Crippen LogP contribution < -0.4 is 0 Å². The first-order valence-corrected chi connectivity index (χ1v) is 7.24. The molecule has 1 aliphatic heterocycles. The highest BCUT2D eigenvalue weighted by atomic mass is 79.9. The van der Waals surface area contributed by atoms with E-state index in [-0.39, 0.29) is 0 Å². The molecule has 0 fully saturated rings. The summed E-state index contributed by atoms with van der Waals surface area (Å²) >= 11 is 3.62. The van der Waals surface area contributed by atoms with Crippen LogP contribution in [0.1, 0.15) is 25.6 Å². The zero-order valence-corrected chi connectivity index (χ0v) is 11.5. The van der Waals surface area contributed by atoms with Gasteiger partial charge in [-0.05, 0) is 12.3 Å². The smallest absolute Gasteiger partial charge is 0.122 e. The summed E-state index contributed by atoms with van der Waals surface area (Å²) in [4.78, 5) is 6.93. The van der Waals surface area contributed by atoms with Gasteiger partial charge in [0.05, 0.1) is 6.54 Å². The number of alkyl halides is 1. The van der Waals surface area contributed by atoms with Crippen molar-refractivity contribution in [2.75, 3.05) is 18.4 Å².